The van der Waals surface area contributed by atoms with Crippen molar-refractivity contribution < 1.29 is 0 Å². The lowest BCUT2D eigenvalue weighted by molar-refractivity contribution is 0.591. The molecule has 0 bridgehead atoms. The smallest absolute Gasteiger partial charge is 0.0640 e. The van der Waals surface area contributed by atoms with E-state index in [9.17, 15) is 0 Å². The van der Waals surface area contributed by atoms with E-state index in [4.69, 9.17) is 0 Å². The number of fused-ring (bicyclic) bond motifs is 6. The zero-order valence-electron chi connectivity index (χ0n) is 27.9. The highest BCUT2D eigenvalue weighted by Crippen LogP contribution is 2.47. The minimum atomic E-state index is 0.0450. The van der Waals surface area contributed by atoms with Gasteiger partial charge in [-0.25, -0.2) is 0 Å². The van der Waals surface area contributed by atoms with Crippen LogP contribution in [0.3, 0.4) is 0 Å². The standard InChI is InChI=1S/C46H36N2S/c1-46(2,3)32-26-28-42-39(30-32)38-29-31(25-27-41(38)47(42)33-15-6-4-7-16-33)35-19-10-12-22-40(35)48(34-17-8-5-9-18-34)43-23-14-21-37-36-20-11-13-24-44(36)49-45(37)43/h4-30H,1-3H3. The van der Waals surface area contributed by atoms with Crippen molar-refractivity contribution in [2.45, 2.75) is 26.2 Å². The monoisotopic (exact) mass is 648 g/mol. The van der Waals surface area contributed by atoms with Gasteiger partial charge in [0.05, 0.1) is 27.1 Å². The molecule has 0 saturated carbocycles. The van der Waals surface area contributed by atoms with Crippen LogP contribution in [0.5, 0.6) is 0 Å². The molecule has 0 aliphatic heterocycles. The van der Waals surface area contributed by atoms with Gasteiger partial charge in [-0.3, -0.25) is 0 Å². The fraction of sp³-hybridized carbons (Fsp3) is 0.0870. The third-order valence-electron chi connectivity index (χ3n) is 9.74. The number of hydrogen-bond acceptors (Lipinski definition) is 2. The van der Waals surface area contributed by atoms with Gasteiger partial charge in [0.1, 0.15) is 0 Å². The van der Waals surface area contributed by atoms with Gasteiger partial charge in [-0.15, -0.1) is 11.3 Å². The van der Waals surface area contributed by atoms with E-state index in [-0.39, 0.29) is 5.41 Å². The first kappa shape index (κ1) is 29.5. The Bertz CT molecular complexity index is 2640. The molecule has 3 heteroatoms. The lowest BCUT2D eigenvalue weighted by Crippen LogP contribution is -2.11. The summed E-state index contributed by atoms with van der Waals surface area (Å²) in [5.41, 5.74) is 10.9. The highest BCUT2D eigenvalue weighted by atomic mass is 32.1. The number of aromatic nitrogens is 1. The first-order valence-electron chi connectivity index (χ1n) is 16.9. The number of hydrogen-bond donors (Lipinski definition) is 0. The molecule has 0 spiro atoms. The average Bonchev–Trinajstić information content (AvgIpc) is 3.68. The van der Waals surface area contributed by atoms with Gasteiger partial charge in [-0.05, 0) is 83.3 Å². The van der Waals surface area contributed by atoms with Crippen LogP contribution >= 0.6 is 11.3 Å². The molecule has 2 heterocycles. The van der Waals surface area contributed by atoms with Crippen LogP contribution in [0.15, 0.2) is 164 Å². The van der Waals surface area contributed by atoms with E-state index in [2.05, 4.69) is 194 Å². The summed E-state index contributed by atoms with van der Waals surface area (Å²) in [6, 6.07) is 59.9. The predicted molar refractivity (Wildman–Crippen MR) is 212 cm³/mol. The number of thiophene rings is 1. The zero-order valence-corrected chi connectivity index (χ0v) is 28.7. The molecule has 49 heavy (non-hydrogen) atoms. The topological polar surface area (TPSA) is 8.17 Å². The van der Waals surface area contributed by atoms with Gasteiger partial charge in [0.15, 0.2) is 0 Å². The molecule has 0 fully saturated rings. The van der Waals surface area contributed by atoms with Crippen LogP contribution < -0.4 is 4.90 Å². The normalized spacial score (nSPS) is 12.0. The maximum absolute atomic E-state index is 2.45. The van der Waals surface area contributed by atoms with E-state index in [0.717, 1.165) is 11.4 Å². The molecule has 0 aliphatic carbocycles. The van der Waals surface area contributed by atoms with Crippen molar-refractivity contribution in [1.29, 1.82) is 0 Å². The maximum Gasteiger partial charge on any atom is 0.0640 e. The maximum atomic E-state index is 2.45. The second kappa shape index (κ2) is 11.5. The van der Waals surface area contributed by atoms with E-state index in [1.165, 1.54) is 70.0 Å². The molecule has 2 nitrogen and oxygen atoms in total. The summed E-state index contributed by atoms with van der Waals surface area (Å²) in [4.78, 5) is 2.45. The fourth-order valence-electron chi connectivity index (χ4n) is 7.32. The molecule has 2 aromatic heterocycles. The molecule has 9 aromatic rings. The molecule has 0 N–H and O–H groups in total. The van der Waals surface area contributed by atoms with Crippen molar-refractivity contribution in [2.75, 3.05) is 4.90 Å². The number of nitrogens with zero attached hydrogens (tertiary/aromatic N) is 2. The van der Waals surface area contributed by atoms with Crippen LogP contribution in [0.4, 0.5) is 17.1 Å². The Morgan fingerprint density at radius 1 is 0.510 bits per heavy atom. The van der Waals surface area contributed by atoms with E-state index in [1.807, 2.05) is 11.3 Å². The van der Waals surface area contributed by atoms with Gasteiger partial charge >= 0.3 is 0 Å². The summed E-state index contributed by atoms with van der Waals surface area (Å²) >= 11 is 1.87. The highest BCUT2D eigenvalue weighted by molar-refractivity contribution is 7.26. The SMILES string of the molecule is CC(C)(C)c1ccc2c(c1)c1cc(-c3ccccc3N(c3ccccc3)c3cccc4c3sc3ccccc34)ccc1n2-c1ccccc1. The van der Waals surface area contributed by atoms with Crippen LogP contribution in [0.1, 0.15) is 26.3 Å². The molecular formula is C46H36N2S. The zero-order chi connectivity index (χ0) is 33.1. The van der Waals surface area contributed by atoms with Gasteiger partial charge in [0, 0.05) is 43.2 Å². The highest BCUT2D eigenvalue weighted by Gasteiger charge is 2.22. The van der Waals surface area contributed by atoms with E-state index < -0.39 is 0 Å². The lowest BCUT2D eigenvalue weighted by Gasteiger charge is -2.28. The molecule has 0 amide bonds. The van der Waals surface area contributed by atoms with Crippen LogP contribution in [-0.4, -0.2) is 4.57 Å². The van der Waals surface area contributed by atoms with Crippen molar-refractivity contribution >= 4 is 70.4 Å². The molecule has 7 aromatic carbocycles. The van der Waals surface area contributed by atoms with Gasteiger partial charge in [-0.2, -0.15) is 0 Å². The Morgan fingerprint density at radius 2 is 1.14 bits per heavy atom. The van der Waals surface area contributed by atoms with E-state index in [1.54, 1.807) is 0 Å². The molecule has 0 aliphatic rings. The second-order valence-corrected chi connectivity index (χ2v) is 14.9. The summed E-state index contributed by atoms with van der Waals surface area (Å²) in [5.74, 6) is 0. The Balaban J connectivity index is 1.30. The van der Waals surface area contributed by atoms with Crippen LogP contribution in [0.25, 0.3) is 58.8 Å². The minimum Gasteiger partial charge on any atom is -0.309 e. The van der Waals surface area contributed by atoms with Gasteiger partial charge in [0.2, 0.25) is 0 Å². The summed E-state index contributed by atoms with van der Waals surface area (Å²) in [5, 5.41) is 5.14. The van der Waals surface area contributed by atoms with Crippen LogP contribution in [0, 0.1) is 0 Å². The molecule has 0 radical (unpaired) electrons. The van der Waals surface area contributed by atoms with Gasteiger partial charge in [0.25, 0.3) is 0 Å². The Kier molecular flexibility index (Phi) is 6.93. The van der Waals surface area contributed by atoms with E-state index >= 15 is 0 Å². The largest absolute Gasteiger partial charge is 0.309 e. The molecule has 0 saturated heterocycles. The van der Waals surface area contributed by atoms with Crippen molar-refractivity contribution in [2.24, 2.45) is 0 Å². The van der Waals surface area contributed by atoms with Crippen molar-refractivity contribution in [3.8, 4) is 16.8 Å². The molecular weight excluding hydrogens is 613 g/mol. The average molecular weight is 649 g/mol. The predicted octanol–water partition coefficient (Wildman–Crippen LogP) is 13.6. The number of para-hydroxylation sites is 3. The summed E-state index contributed by atoms with van der Waals surface area (Å²) in [6.45, 7) is 6.88. The molecule has 0 unspecified atom stereocenters. The van der Waals surface area contributed by atoms with Crippen LogP contribution in [0.2, 0.25) is 0 Å². The summed E-state index contributed by atoms with van der Waals surface area (Å²) in [7, 11) is 0. The Hall–Kier alpha value is -5.64. The quantitative estimate of drug-likeness (QED) is 0.180. The van der Waals surface area contributed by atoms with Gasteiger partial charge < -0.3 is 9.47 Å². The van der Waals surface area contributed by atoms with Crippen LogP contribution in [-0.2, 0) is 5.41 Å². The molecule has 236 valence electrons. The summed E-state index contributed by atoms with van der Waals surface area (Å²) in [6.07, 6.45) is 0. The Labute approximate surface area is 291 Å². The molecule has 0 atom stereocenters. The fourth-order valence-corrected chi connectivity index (χ4v) is 8.53. The van der Waals surface area contributed by atoms with Gasteiger partial charge in [-0.1, -0.05) is 118 Å². The van der Waals surface area contributed by atoms with E-state index in [0.29, 0.717) is 0 Å². The number of anilines is 3. The number of benzene rings is 7. The first-order chi connectivity index (χ1) is 24.0. The first-order valence-corrected chi connectivity index (χ1v) is 17.8. The number of rotatable bonds is 5. The second-order valence-electron chi connectivity index (χ2n) is 13.8. The van der Waals surface area contributed by atoms with Crippen molar-refractivity contribution in [3.05, 3.63) is 169 Å². The molecule has 9 rings (SSSR count). The summed E-state index contributed by atoms with van der Waals surface area (Å²) < 4.78 is 5.00. The minimum absolute atomic E-state index is 0.0450. The third kappa shape index (κ3) is 4.93. The lowest BCUT2D eigenvalue weighted by atomic mass is 9.86. The Morgan fingerprint density at radius 3 is 1.94 bits per heavy atom. The third-order valence-corrected chi connectivity index (χ3v) is 10.9. The van der Waals surface area contributed by atoms with Crippen molar-refractivity contribution in [3.63, 3.8) is 0 Å². The van der Waals surface area contributed by atoms with Crippen molar-refractivity contribution in [1.82, 2.24) is 4.57 Å².